The summed E-state index contributed by atoms with van der Waals surface area (Å²) in [6.45, 7) is 7.24. The summed E-state index contributed by atoms with van der Waals surface area (Å²) in [5, 5.41) is 12.1. The maximum Gasteiger partial charge on any atom is 0.149 e. The van der Waals surface area contributed by atoms with Crippen LogP contribution in [0.3, 0.4) is 0 Å². The Morgan fingerprint density at radius 3 is 2.84 bits per heavy atom. The molecule has 5 heteroatoms. The first-order chi connectivity index (χ1) is 9.15. The van der Waals surface area contributed by atoms with Gasteiger partial charge in [-0.3, -0.25) is 5.32 Å². The third kappa shape index (κ3) is 2.30. The molecule has 2 aromatic heterocycles. The van der Waals surface area contributed by atoms with Crippen LogP contribution in [-0.2, 0) is 13.0 Å². The molecule has 0 aliphatic carbocycles. The van der Waals surface area contributed by atoms with E-state index in [0.717, 1.165) is 36.1 Å². The molecule has 2 unspecified atom stereocenters. The Bertz CT molecular complexity index is 572. The van der Waals surface area contributed by atoms with Crippen molar-refractivity contribution < 1.29 is 4.42 Å². The second kappa shape index (κ2) is 4.81. The molecule has 2 atom stereocenters. The van der Waals surface area contributed by atoms with Crippen molar-refractivity contribution in [2.75, 3.05) is 0 Å². The first kappa shape index (κ1) is 12.4. The molecule has 0 fully saturated rings. The summed E-state index contributed by atoms with van der Waals surface area (Å²) < 4.78 is 7.88. The van der Waals surface area contributed by atoms with Crippen LogP contribution in [0.1, 0.15) is 55.5 Å². The molecule has 1 aliphatic rings. The lowest BCUT2D eigenvalue weighted by atomic mass is 10.2. The van der Waals surface area contributed by atoms with Gasteiger partial charge in [-0.15, -0.1) is 10.2 Å². The van der Waals surface area contributed by atoms with E-state index in [-0.39, 0.29) is 12.1 Å². The number of hydrogen-bond acceptors (Lipinski definition) is 4. The lowest BCUT2D eigenvalue weighted by Gasteiger charge is -2.18. The molecule has 0 radical (unpaired) electrons. The van der Waals surface area contributed by atoms with E-state index in [1.54, 1.807) is 0 Å². The Balaban J connectivity index is 1.72. The molecular weight excluding hydrogens is 240 g/mol. The van der Waals surface area contributed by atoms with E-state index in [4.69, 9.17) is 4.42 Å². The van der Waals surface area contributed by atoms with Crippen LogP contribution in [0.25, 0.3) is 0 Å². The van der Waals surface area contributed by atoms with E-state index >= 15 is 0 Å². The molecule has 0 aromatic carbocycles. The van der Waals surface area contributed by atoms with E-state index in [1.165, 1.54) is 6.42 Å². The largest absolute Gasteiger partial charge is 0.465 e. The van der Waals surface area contributed by atoms with E-state index in [0.29, 0.717) is 0 Å². The second-order valence-electron chi connectivity index (χ2n) is 5.29. The van der Waals surface area contributed by atoms with Crippen molar-refractivity contribution in [1.29, 1.82) is 0 Å². The fourth-order valence-electron chi connectivity index (χ4n) is 2.71. The number of nitrogens with one attached hydrogen (secondary N) is 1. The predicted octanol–water partition coefficient (Wildman–Crippen LogP) is 2.54. The molecule has 3 rings (SSSR count). The minimum atomic E-state index is 0.165. The molecule has 0 bridgehead atoms. The van der Waals surface area contributed by atoms with Crippen molar-refractivity contribution in [3.05, 3.63) is 35.3 Å². The van der Waals surface area contributed by atoms with Crippen LogP contribution in [0.15, 0.2) is 16.5 Å². The standard InChI is InChI=1S/C14H20N4O/c1-9-6-7-12(19-9)10(2)15-11(3)14-17-16-13-5-4-8-18(13)14/h6-7,10-11,15H,4-5,8H2,1-3H3. The van der Waals surface area contributed by atoms with Crippen LogP contribution in [0.4, 0.5) is 0 Å². The molecular formula is C14H20N4O. The molecule has 102 valence electrons. The Kier molecular flexibility index (Phi) is 3.14. The van der Waals surface area contributed by atoms with Gasteiger partial charge in [0.05, 0.1) is 12.1 Å². The second-order valence-corrected chi connectivity index (χ2v) is 5.29. The lowest BCUT2D eigenvalue weighted by molar-refractivity contribution is 0.382. The smallest absolute Gasteiger partial charge is 0.149 e. The highest BCUT2D eigenvalue weighted by atomic mass is 16.3. The van der Waals surface area contributed by atoms with Crippen molar-refractivity contribution in [3.63, 3.8) is 0 Å². The average molecular weight is 260 g/mol. The Labute approximate surface area is 113 Å². The summed E-state index contributed by atoms with van der Waals surface area (Å²) in [6.07, 6.45) is 2.23. The minimum Gasteiger partial charge on any atom is -0.465 e. The van der Waals surface area contributed by atoms with Gasteiger partial charge in [0.15, 0.2) is 0 Å². The molecule has 0 saturated heterocycles. The molecule has 2 aromatic rings. The van der Waals surface area contributed by atoms with E-state index in [1.807, 2.05) is 19.1 Å². The normalized spacial score (nSPS) is 17.4. The van der Waals surface area contributed by atoms with E-state index in [2.05, 4.69) is 33.9 Å². The van der Waals surface area contributed by atoms with Crippen molar-refractivity contribution in [2.24, 2.45) is 0 Å². The van der Waals surface area contributed by atoms with Crippen LogP contribution in [0.2, 0.25) is 0 Å². The monoisotopic (exact) mass is 260 g/mol. The molecule has 1 N–H and O–H groups in total. The van der Waals surface area contributed by atoms with Crippen LogP contribution >= 0.6 is 0 Å². The summed E-state index contributed by atoms with van der Waals surface area (Å²) in [5.74, 6) is 4.05. The quantitative estimate of drug-likeness (QED) is 0.917. The van der Waals surface area contributed by atoms with Gasteiger partial charge in [-0.2, -0.15) is 0 Å². The Morgan fingerprint density at radius 2 is 2.11 bits per heavy atom. The number of fused-ring (bicyclic) bond motifs is 1. The maximum absolute atomic E-state index is 5.65. The minimum absolute atomic E-state index is 0.165. The zero-order valence-corrected chi connectivity index (χ0v) is 11.7. The topological polar surface area (TPSA) is 55.9 Å². The third-order valence-corrected chi connectivity index (χ3v) is 3.71. The van der Waals surface area contributed by atoms with Gasteiger partial charge in [0.2, 0.25) is 0 Å². The zero-order valence-electron chi connectivity index (χ0n) is 11.7. The number of rotatable bonds is 4. The molecule has 1 aliphatic heterocycles. The molecule has 5 nitrogen and oxygen atoms in total. The summed E-state index contributed by atoms with van der Waals surface area (Å²) in [4.78, 5) is 0. The van der Waals surface area contributed by atoms with Crippen molar-refractivity contribution in [1.82, 2.24) is 20.1 Å². The maximum atomic E-state index is 5.65. The van der Waals surface area contributed by atoms with Crippen LogP contribution in [0, 0.1) is 6.92 Å². The van der Waals surface area contributed by atoms with Crippen molar-refractivity contribution in [3.8, 4) is 0 Å². The molecule has 0 spiro atoms. The van der Waals surface area contributed by atoms with Gasteiger partial charge < -0.3 is 8.98 Å². The van der Waals surface area contributed by atoms with Crippen LogP contribution in [-0.4, -0.2) is 14.8 Å². The van der Waals surface area contributed by atoms with Crippen LogP contribution < -0.4 is 5.32 Å². The van der Waals surface area contributed by atoms with E-state index < -0.39 is 0 Å². The van der Waals surface area contributed by atoms with Crippen molar-refractivity contribution >= 4 is 0 Å². The summed E-state index contributed by atoms with van der Waals surface area (Å²) in [5.41, 5.74) is 0. The van der Waals surface area contributed by atoms with Crippen molar-refractivity contribution in [2.45, 2.75) is 52.2 Å². The molecule has 0 saturated carbocycles. The van der Waals surface area contributed by atoms with Gasteiger partial charge in [-0.25, -0.2) is 0 Å². The highest BCUT2D eigenvalue weighted by Crippen LogP contribution is 2.23. The number of furan rings is 1. The first-order valence-corrected chi connectivity index (χ1v) is 6.89. The predicted molar refractivity (Wildman–Crippen MR) is 71.8 cm³/mol. The number of hydrogen-bond donors (Lipinski definition) is 1. The zero-order chi connectivity index (χ0) is 13.4. The lowest BCUT2D eigenvalue weighted by Crippen LogP contribution is -2.24. The molecule has 19 heavy (non-hydrogen) atoms. The highest BCUT2D eigenvalue weighted by molar-refractivity contribution is 5.10. The number of aromatic nitrogens is 3. The van der Waals surface area contributed by atoms with Gasteiger partial charge in [0.25, 0.3) is 0 Å². The molecule has 0 amide bonds. The van der Waals surface area contributed by atoms with Crippen LogP contribution in [0.5, 0.6) is 0 Å². The fourth-order valence-corrected chi connectivity index (χ4v) is 2.71. The number of nitrogens with zero attached hydrogens (tertiary/aromatic N) is 3. The Morgan fingerprint density at radius 1 is 1.26 bits per heavy atom. The summed E-state index contributed by atoms with van der Waals surface area (Å²) in [6, 6.07) is 4.35. The SMILES string of the molecule is Cc1ccc(C(C)NC(C)c2nnc3n2CCC3)o1. The first-order valence-electron chi connectivity index (χ1n) is 6.89. The van der Waals surface area contributed by atoms with Gasteiger partial charge in [-0.05, 0) is 39.3 Å². The summed E-state index contributed by atoms with van der Waals surface area (Å²) >= 11 is 0. The Hall–Kier alpha value is -1.62. The van der Waals surface area contributed by atoms with E-state index in [9.17, 15) is 0 Å². The number of aryl methyl sites for hydroxylation is 2. The van der Waals surface area contributed by atoms with Gasteiger partial charge in [0.1, 0.15) is 23.2 Å². The fraction of sp³-hybridized carbons (Fsp3) is 0.571. The molecule has 3 heterocycles. The van der Waals surface area contributed by atoms with Gasteiger partial charge in [-0.1, -0.05) is 0 Å². The van der Waals surface area contributed by atoms with Gasteiger partial charge >= 0.3 is 0 Å². The third-order valence-electron chi connectivity index (χ3n) is 3.71. The summed E-state index contributed by atoms with van der Waals surface area (Å²) in [7, 11) is 0. The van der Waals surface area contributed by atoms with Gasteiger partial charge in [0, 0.05) is 13.0 Å². The highest BCUT2D eigenvalue weighted by Gasteiger charge is 2.23. The average Bonchev–Trinajstić information content (AvgIpc) is 3.02.